The van der Waals surface area contributed by atoms with Gasteiger partial charge in [-0.05, 0) is 24.2 Å². The van der Waals surface area contributed by atoms with E-state index in [0.717, 1.165) is 17.6 Å². The van der Waals surface area contributed by atoms with Crippen molar-refractivity contribution >= 4 is 15.9 Å². The molecular formula is C13H17BrN4O. The van der Waals surface area contributed by atoms with E-state index < -0.39 is 0 Å². The van der Waals surface area contributed by atoms with Crippen molar-refractivity contribution in [1.82, 2.24) is 15.0 Å². The normalized spacial score (nSPS) is 11.2. The highest BCUT2D eigenvalue weighted by Gasteiger charge is 2.10. The lowest BCUT2D eigenvalue weighted by Gasteiger charge is -2.18. The molecule has 19 heavy (non-hydrogen) atoms. The summed E-state index contributed by atoms with van der Waals surface area (Å²) < 4.78 is 6.10. The molecule has 102 valence electrons. The lowest BCUT2D eigenvalue weighted by molar-refractivity contribution is 0.258. The summed E-state index contributed by atoms with van der Waals surface area (Å²) in [5, 5.41) is 3.92. The number of hydrogen-bond acceptors (Lipinski definition) is 5. The molecule has 0 aliphatic carbocycles. The third-order valence-electron chi connectivity index (χ3n) is 2.79. The molecule has 0 spiro atoms. The fourth-order valence-electron chi connectivity index (χ4n) is 1.81. The van der Waals surface area contributed by atoms with Crippen LogP contribution in [0.3, 0.4) is 0 Å². The van der Waals surface area contributed by atoms with E-state index in [9.17, 15) is 0 Å². The van der Waals surface area contributed by atoms with Crippen molar-refractivity contribution in [3.8, 4) is 0 Å². The average molecular weight is 325 g/mol. The number of nitrogens with zero attached hydrogens (tertiary/aromatic N) is 3. The zero-order chi connectivity index (χ0) is 13.7. The van der Waals surface area contributed by atoms with Gasteiger partial charge in [0.2, 0.25) is 5.89 Å². The molecule has 0 aliphatic heterocycles. The number of hydrogen-bond donors (Lipinski definition) is 1. The SMILES string of the molecule is CCN(Cc1cccc(Br)c1)Cc1noc(CN)n1. The highest BCUT2D eigenvalue weighted by molar-refractivity contribution is 9.10. The number of nitrogens with two attached hydrogens (primary N) is 1. The molecule has 2 rings (SSSR count). The average Bonchev–Trinajstić information content (AvgIpc) is 2.85. The van der Waals surface area contributed by atoms with Gasteiger partial charge in [-0.2, -0.15) is 4.98 Å². The minimum atomic E-state index is 0.282. The van der Waals surface area contributed by atoms with Crippen molar-refractivity contribution < 1.29 is 4.52 Å². The molecule has 5 nitrogen and oxygen atoms in total. The molecule has 2 N–H and O–H groups in total. The third kappa shape index (κ3) is 4.12. The van der Waals surface area contributed by atoms with Crippen molar-refractivity contribution in [3.63, 3.8) is 0 Å². The fourth-order valence-corrected chi connectivity index (χ4v) is 2.26. The number of benzene rings is 1. The Kier molecular flexibility index (Phi) is 5.07. The molecule has 1 aromatic carbocycles. The Balaban J connectivity index is 2.00. The first-order chi connectivity index (χ1) is 9.21. The first-order valence-corrected chi connectivity index (χ1v) is 6.99. The van der Waals surface area contributed by atoms with Gasteiger partial charge in [0.1, 0.15) is 0 Å². The van der Waals surface area contributed by atoms with Gasteiger partial charge in [0, 0.05) is 11.0 Å². The van der Waals surface area contributed by atoms with E-state index in [1.54, 1.807) is 0 Å². The van der Waals surface area contributed by atoms with Crippen LogP contribution >= 0.6 is 15.9 Å². The molecule has 2 aromatic rings. The molecule has 0 aliphatic rings. The van der Waals surface area contributed by atoms with Crippen LogP contribution in [-0.2, 0) is 19.6 Å². The van der Waals surface area contributed by atoms with Crippen LogP contribution < -0.4 is 5.73 Å². The van der Waals surface area contributed by atoms with Gasteiger partial charge in [0.05, 0.1) is 13.1 Å². The molecule has 0 radical (unpaired) electrons. The van der Waals surface area contributed by atoms with E-state index >= 15 is 0 Å². The van der Waals surface area contributed by atoms with Crippen molar-refractivity contribution in [2.24, 2.45) is 5.73 Å². The minimum absolute atomic E-state index is 0.282. The summed E-state index contributed by atoms with van der Waals surface area (Å²) in [7, 11) is 0. The molecule has 6 heteroatoms. The van der Waals surface area contributed by atoms with Crippen LogP contribution in [0.5, 0.6) is 0 Å². The molecule has 0 saturated carbocycles. The monoisotopic (exact) mass is 324 g/mol. The topological polar surface area (TPSA) is 68.2 Å². The van der Waals surface area contributed by atoms with Gasteiger partial charge in [-0.3, -0.25) is 4.90 Å². The second-order valence-corrected chi connectivity index (χ2v) is 5.16. The molecular weight excluding hydrogens is 308 g/mol. The van der Waals surface area contributed by atoms with Crippen molar-refractivity contribution in [1.29, 1.82) is 0 Å². The Bertz CT molecular complexity index is 529. The van der Waals surface area contributed by atoms with Gasteiger partial charge in [-0.25, -0.2) is 0 Å². The predicted molar refractivity (Wildman–Crippen MR) is 76.1 cm³/mol. The molecule has 1 heterocycles. The van der Waals surface area contributed by atoms with Gasteiger partial charge in [-0.15, -0.1) is 0 Å². The number of halogens is 1. The maximum atomic E-state index is 5.45. The van der Waals surface area contributed by atoms with Gasteiger partial charge in [0.15, 0.2) is 5.82 Å². The summed E-state index contributed by atoms with van der Waals surface area (Å²) in [4.78, 5) is 6.46. The lowest BCUT2D eigenvalue weighted by atomic mass is 10.2. The predicted octanol–water partition coefficient (Wildman–Crippen LogP) is 2.31. The van der Waals surface area contributed by atoms with Crippen molar-refractivity contribution in [2.45, 2.75) is 26.6 Å². The fraction of sp³-hybridized carbons (Fsp3) is 0.385. The molecule has 0 unspecified atom stereocenters. The number of rotatable bonds is 6. The van der Waals surface area contributed by atoms with E-state index in [1.165, 1.54) is 5.56 Å². The van der Waals surface area contributed by atoms with Crippen LogP contribution in [0.1, 0.15) is 24.2 Å². The zero-order valence-corrected chi connectivity index (χ0v) is 12.4. The Morgan fingerprint density at radius 2 is 2.21 bits per heavy atom. The summed E-state index contributed by atoms with van der Waals surface area (Å²) in [6.07, 6.45) is 0. The Hall–Kier alpha value is -1.24. The van der Waals surface area contributed by atoms with Crippen LogP contribution in [0, 0.1) is 0 Å². The standard InChI is InChI=1S/C13H17BrN4O/c1-2-18(8-10-4-3-5-11(14)6-10)9-12-16-13(7-15)19-17-12/h3-6H,2,7-9,15H2,1H3. The number of aromatic nitrogens is 2. The van der Waals surface area contributed by atoms with Crippen LogP contribution in [0.25, 0.3) is 0 Å². The van der Waals surface area contributed by atoms with Crippen molar-refractivity contribution in [2.75, 3.05) is 6.54 Å². The van der Waals surface area contributed by atoms with E-state index in [1.807, 2.05) is 12.1 Å². The third-order valence-corrected chi connectivity index (χ3v) is 3.29. The Morgan fingerprint density at radius 3 is 2.84 bits per heavy atom. The van der Waals surface area contributed by atoms with Crippen LogP contribution in [0.15, 0.2) is 33.3 Å². The molecule has 0 saturated heterocycles. The zero-order valence-electron chi connectivity index (χ0n) is 10.8. The smallest absolute Gasteiger partial charge is 0.240 e. The quantitative estimate of drug-likeness (QED) is 0.883. The van der Waals surface area contributed by atoms with Crippen LogP contribution in [0.4, 0.5) is 0 Å². The van der Waals surface area contributed by atoms with Gasteiger partial charge < -0.3 is 10.3 Å². The Morgan fingerprint density at radius 1 is 1.37 bits per heavy atom. The molecule has 0 atom stereocenters. The highest BCUT2D eigenvalue weighted by atomic mass is 79.9. The largest absolute Gasteiger partial charge is 0.338 e. The van der Waals surface area contributed by atoms with Crippen LogP contribution in [0.2, 0.25) is 0 Å². The highest BCUT2D eigenvalue weighted by Crippen LogP contribution is 2.14. The molecule has 1 aromatic heterocycles. The summed E-state index contributed by atoms with van der Waals surface area (Å²) >= 11 is 3.48. The van der Waals surface area contributed by atoms with Crippen molar-refractivity contribution in [3.05, 3.63) is 46.0 Å². The molecule has 0 fully saturated rings. The second kappa shape index (κ2) is 6.79. The van der Waals surface area contributed by atoms with Gasteiger partial charge in [-0.1, -0.05) is 40.1 Å². The van der Waals surface area contributed by atoms with E-state index in [0.29, 0.717) is 18.3 Å². The summed E-state index contributed by atoms with van der Waals surface area (Å²) in [6.45, 7) is 4.82. The Labute approximate surface area is 120 Å². The second-order valence-electron chi connectivity index (χ2n) is 4.24. The maximum Gasteiger partial charge on any atom is 0.240 e. The molecule has 0 bridgehead atoms. The van der Waals surface area contributed by atoms with Gasteiger partial charge >= 0.3 is 0 Å². The summed E-state index contributed by atoms with van der Waals surface area (Å²) in [6, 6.07) is 8.28. The first kappa shape index (κ1) is 14.2. The van der Waals surface area contributed by atoms with E-state index in [4.69, 9.17) is 10.3 Å². The summed E-state index contributed by atoms with van der Waals surface area (Å²) in [5.41, 5.74) is 6.70. The maximum absolute atomic E-state index is 5.45. The summed E-state index contributed by atoms with van der Waals surface area (Å²) in [5.74, 6) is 1.16. The van der Waals surface area contributed by atoms with Gasteiger partial charge in [0.25, 0.3) is 0 Å². The van der Waals surface area contributed by atoms with E-state index in [-0.39, 0.29) is 6.54 Å². The van der Waals surface area contributed by atoms with Crippen LogP contribution in [-0.4, -0.2) is 21.6 Å². The van der Waals surface area contributed by atoms with E-state index in [2.05, 4.69) is 50.0 Å². The molecule has 0 amide bonds. The lowest BCUT2D eigenvalue weighted by Crippen LogP contribution is -2.23. The first-order valence-electron chi connectivity index (χ1n) is 6.19. The minimum Gasteiger partial charge on any atom is -0.338 e.